The van der Waals surface area contributed by atoms with E-state index in [-0.39, 0.29) is 24.7 Å². The van der Waals surface area contributed by atoms with Crippen molar-refractivity contribution < 1.29 is 9.59 Å². The topological polar surface area (TPSA) is 46.2 Å². The third-order valence-electron chi connectivity index (χ3n) is 1.79. The van der Waals surface area contributed by atoms with Crippen molar-refractivity contribution >= 4 is 23.3 Å². The Morgan fingerprint density at radius 1 is 1.40 bits per heavy atom. The van der Waals surface area contributed by atoms with Crippen molar-refractivity contribution in [2.24, 2.45) is 0 Å². The highest BCUT2D eigenvalue weighted by Crippen LogP contribution is 2.10. The Labute approximate surface area is 93.4 Å². The molecule has 15 heavy (non-hydrogen) atoms. The number of amides is 1. The highest BCUT2D eigenvalue weighted by atomic mass is 35.5. The molecule has 0 aliphatic carbocycles. The van der Waals surface area contributed by atoms with Gasteiger partial charge in [-0.2, -0.15) is 0 Å². The van der Waals surface area contributed by atoms with Gasteiger partial charge in [0, 0.05) is 5.02 Å². The van der Waals surface area contributed by atoms with Gasteiger partial charge in [-0.15, -0.1) is 0 Å². The quantitative estimate of drug-likeness (QED) is 0.846. The number of rotatable bonds is 4. The van der Waals surface area contributed by atoms with Crippen LogP contribution < -0.4 is 5.32 Å². The maximum Gasteiger partial charge on any atom is 0.224 e. The average molecular weight is 226 g/mol. The molecule has 1 rings (SSSR count). The molecule has 0 bridgehead atoms. The van der Waals surface area contributed by atoms with Crippen LogP contribution in [0.5, 0.6) is 0 Å². The number of nitrogens with one attached hydrogen (secondary N) is 1. The van der Waals surface area contributed by atoms with Gasteiger partial charge >= 0.3 is 0 Å². The summed E-state index contributed by atoms with van der Waals surface area (Å²) in [4.78, 5) is 21.9. The van der Waals surface area contributed by atoms with Gasteiger partial charge in [0.2, 0.25) is 5.91 Å². The summed E-state index contributed by atoms with van der Waals surface area (Å²) in [6, 6.07) is 7.09. The first-order valence-electron chi connectivity index (χ1n) is 4.58. The second-order valence-electron chi connectivity index (χ2n) is 3.29. The van der Waals surface area contributed by atoms with E-state index in [4.69, 9.17) is 11.6 Å². The number of benzene rings is 1. The summed E-state index contributed by atoms with van der Waals surface area (Å²) in [5.74, 6) is -0.234. The first-order chi connectivity index (χ1) is 7.08. The lowest BCUT2D eigenvalue weighted by atomic mass is 10.1. The van der Waals surface area contributed by atoms with Crippen LogP contribution in [0.25, 0.3) is 0 Å². The van der Waals surface area contributed by atoms with Gasteiger partial charge in [-0.25, -0.2) is 0 Å². The number of hydrogen-bond donors (Lipinski definition) is 1. The molecule has 1 aromatic carbocycles. The molecule has 3 nitrogen and oxygen atoms in total. The molecule has 1 amide bonds. The molecule has 0 fully saturated rings. The maximum atomic E-state index is 11.3. The summed E-state index contributed by atoms with van der Waals surface area (Å²) >= 11 is 5.77. The molecule has 0 aliphatic rings. The van der Waals surface area contributed by atoms with E-state index in [1.165, 1.54) is 6.92 Å². The monoisotopic (exact) mass is 225 g/mol. The summed E-state index contributed by atoms with van der Waals surface area (Å²) in [6.45, 7) is 1.51. The van der Waals surface area contributed by atoms with E-state index in [1.54, 1.807) is 18.2 Å². The zero-order valence-corrected chi connectivity index (χ0v) is 9.17. The van der Waals surface area contributed by atoms with Gasteiger partial charge in [0.1, 0.15) is 5.78 Å². The molecule has 4 heteroatoms. The lowest BCUT2D eigenvalue weighted by molar-refractivity contribution is -0.124. The normalized spacial score (nSPS) is 9.73. The standard InChI is InChI=1S/C11H12ClNO2/c1-8(14)7-13-11(15)6-9-3-2-4-10(12)5-9/h2-5H,6-7H2,1H3,(H,13,15). The van der Waals surface area contributed by atoms with E-state index in [1.807, 2.05) is 6.07 Å². The lowest BCUT2D eigenvalue weighted by Gasteiger charge is -2.03. The van der Waals surface area contributed by atoms with Crippen molar-refractivity contribution in [3.05, 3.63) is 34.9 Å². The van der Waals surface area contributed by atoms with Crippen molar-refractivity contribution in [2.75, 3.05) is 6.54 Å². The van der Waals surface area contributed by atoms with Crippen molar-refractivity contribution in [3.63, 3.8) is 0 Å². The van der Waals surface area contributed by atoms with E-state index in [9.17, 15) is 9.59 Å². The predicted octanol–water partition coefficient (Wildman–Crippen LogP) is 1.59. The summed E-state index contributed by atoms with van der Waals surface area (Å²) in [7, 11) is 0. The van der Waals surface area contributed by atoms with E-state index in [0.717, 1.165) is 5.56 Å². The van der Waals surface area contributed by atoms with Crippen molar-refractivity contribution in [3.8, 4) is 0 Å². The molecule has 0 heterocycles. The number of hydrogen-bond acceptors (Lipinski definition) is 2. The molecule has 0 radical (unpaired) electrons. The summed E-state index contributed by atoms with van der Waals surface area (Å²) in [6.07, 6.45) is 0.244. The number of carbonyl (C=O) groups excluding carboxylic acids is 2. The van der Waals surface area contributed by atoms with E-state index in [0.29, 0.717) is 5.02 Å². The van der Waals surface area contributed by atoms with E-state index < -0.39 is 0 Å². The minimum absolute atomic E-state index is 0.0607. The van der Waals surface area contributed by atoms with Crippen molar-refractivity contribution in [1.82, 2.24) is 5.32 Å². The SMILES string of the molecule is CC(=O)CNC(=O)Cc1cccc(Cl)c1. The van der Waals surface area contributed by atoms with Crippen LogP contribution in [0.2, 0.25) is 5.02 Å². The van der Waals surface area contributed by atoms with Crippen LogP contribution in [0.15, 0.2) is 24.3 Å². The first-order valence-corrected chi connectivity index (χ1v) is 4.96. The third-order valence-corrected chi connectivity index (χ3v) is 2.02. The average Bonchev–Trinajstić information content (AvgIpc) is 2.15. The first kappa shape index (κ1) is 11.7. The van der Waals surface area contributed by atoms with Crippen LogP contribution in [0.3, 0.4) is 0 Å². The second-order valence-corrected chi connectivity index (χ2v) is 3.72. The zero-order chi connectivity index (χ0) is 11.3. The summed E-state index contributed by atoms with van der Waals surface area (Å²) in [5, 5.41) is 3.12. The van der Waals surface area contributed by atoms with Gasteiger partial charge in [-0.3, -0.25) is 9.59 Å². The van der Waals surface area contributed by atoms with Gasteiger partial charge in [0.15, 0.2) is 0 Å². The van der Waals surface area contributed by atoms with Crippen LogP contribution in [0.1, 0.15) is 12.5 Å². The minimum Gasteiger partial charge on any atom is -0.349 e. The fourth-order valence-corrected chi connectivity index (χ4v) is 1.33. The fourth-order valence-electron chi connectivity index (χ4n) is 1.12. The predicted molar refractivity (Wildman–Crippen MR) is 58.8 cm³/mol. The van der Waals surface area contributed by atoms with Gasteiger partial charge in [-0.05, 0) is 24.6 Å². The minimum atomic E-state index is -0.174. The fraction of sp³-hybridized carbons (Fsp3) is 0.273. The number of carbonyl (C=O) groups is 2. The molecular weight excluding hydrogens is 214 g/mol. The number of ketones is 1. The zero-order valence-electron chi connectivity index (χ0n) is 8.42. The van der Waals surface area contributed by atoms with Gasteiger partial charge < -0.3 is 5.32 Å². The van der Waals surface area contributed by atoms with Gasteiger partial charge in [0.25, 0.3) is 0 Å². The Kier molecular flexibility index (Phi) is 4.31. The van der Waals surface area contributed by atoms with Crippen LogP contribution in [-0.4, -0.2) is 18.2 Å². The third kappa shape index (κ3) is 4.61. The molecule has 80 valence electrons. The number of halogens is 1. The molecule has 0 saturated heterocycles. The Morgan fingerprint density at radius 2 is 2.13 bits per heavy atom. The van der Waals surface area contributed by atoms with Crippen molar-refractivity contribution in [2.45, 2.75) is 13.3 Å². The molecule has 0 atom stereocenters. The van der Waals surface area contributed by atoms with Crippen molar-refractivity contribution in [1.29, 1.82) is 0 Å². The Bertz CT molecular complexity index is 377. The van der Waals surface area contributed by atoms with E-state index >= 15 is 0 Å². The Balaban J connectivity index is 2.48. The molecular formula is C11H12ClNO2. The molecule has 0 aliphatic heterocycles. The lowest BCUT2D eigenvalue weighted by Crippen LogP contribution is -2.29. The summed E-state index contributed by atoms with van der Waals surface area (Å²) in [5.41, 5.74) is 0.837. The highest BCUT2D eigenvalue weighted by Gasteiger charge is 2.04. The molecule has 1 N–H and O–H groups in total. The smallest absolute Gasteiger partial charge is 0.224 e. The summed E-state index contributed by atoms with van der Waals surface area (Å²) < 4.78 is 0. The molecule has 0 aromatic heterocycles. The number of Topliss-reactive ketones (excluding diaryl/α,β-unsaturated/α-hetero) is 1. The molecule has 0 saturated carbocycles. The maximum absolute atomic E-state index is 11.3. The molecule has 0 spiro atoms. The second kappa shape index (κ2) is 5.51. The molecule has 0 unspecified atom stereocenters. The molecule has 1 aromatic rings. The van der Waals surface area contributed by atoms with Crippen LogP contribution in [0.4, 0.5) is 0 Å². The van der Waals surface area contributed by atoms with Crippen LogP contribution in [-0.2, 0) is 16.0 Å². The van der Waals surface area contributed by atoms with Crippen LogP contribution in [0, 0.1) is 0 Å². The van der Waals surface area contributed by atoms with Crippen LogP contribution >= 0.6 is 11.6 Å². The van der Waals surface area contributed by atoms with Gasteiger partial charge in [-0.1, -0.05) is 23.7 Å². The Morgan fingerprint density at radius 3 is 2.73 bits per heavy atom. The van der Waals surface area contributed by atoms with E-state index in [2.05, 4.69) is 5.32 Å². The Hall–Kier alpha value is -1.35. The van der Waals surface area contributed by atoms with Gasteiger partial charge in [0.05, 0.1) is 13.0 Å². The largest absolute Gasteiger partial charge is 0.349 e. The highest BCUT2D eigenvalue weighted by molar-refractivity contribution is 6.30.